The number of hydrogen-bond donors (Lipinski definition) is 5. The van der Waals surface area contributed by atoms with Gasteiger partial charge in [0, 0.05) is 62.9 Å². The van der Waals surface area contributed by atoms with Crippen LogP contribution in [0.15, 0.2) is 47.7 Å². The number of anilines is 3. The zero-order valence-electron chi connectivity index (χ0n) is 25.4. The molecule has 42 heavy (non-hydrogen) atoms. The first-order valence-electron chi connectivity index (χ1n) is 14.1. The van der Waals surface area contributed by atoms with Gasteiger partial charge in [-0.2, -0.15) is 0 Å². The Bertz CT molecular complexity index is 1850. The van der Waals surface area contributed by atoms with Crippen LogP contribution in [0.25, 0.3) is 22.2 Å². The van der Waals surface area contributed by atoms with Gasteiger partial charge in [-0.15, -0.1) is 0 Å². The fourth-order valence-corrected chi connectivity index (χ4v) is 4.98. The van der Waals surface area contributed by atoms with Crippen LogP contribution in [-0.4, -0.2) is 32.8 Å². The van der Waals surface area contributed by atoms with Gasteiger partial charge in [-0.1, -0.05) is 45.4 Å². The Kier molecular flexibility index (Phi) is 8.61. The molecule has 218 valence electrons. The molecule has 0 aliphatic heterocycles. The monoisotopic (exact) mass is 564 g/mol. The SMILES string of the molecule is CC/C(C)=c1/c(=C(\N=C(C)c2ccc(C(C)(C)CC)cc2Nc2nccnc2C)C(N)=O)[nH]c2ccc(N)c(C=N)c12. The van der Waals surface area contributed by atoms with Gasteiger partial charge in [-0.3, -0.25) is 9.78 Å². The highest BCUT2D eigenvalue weighted by atomic mass is 16.1. The van der Waals surface area contributed by atoms with E-state index in [9.17, 15) is 4.79 Å². The predicted octanol–water partition coefficient (Wildman–Crippen LogP) is 4.96. The van der Waals surface area contributed by atoms with Gasteiger partial charge < -0.3 is 27.2 Å². The van der Waals surface area contributed by atoms with Crippen LogP contribution in [0, 0.1) is 12.3 Å². The highest BCUT2D eigenvalue weighted by molar-refractivity contribution is 6.17. The molecule has 7 N–H and O–H groups in total. The van der Waals surface area contributed by atoms with Gasteiger partial charge in [0.1, 0.15) is 0 Å². The van der Waals surface area contributed by atoms with Crippen molar-refractivity contribution in [2.45, 2.75) is 66.7 Å². The number of nitrogen functional groups attached to an aromatic ring is 1. The van der Waals surface area contributed by atoms with Crippen LogP contribution in [0.3, 0.4) is 0 Å². The smallest absolute Gasteiger partial charge is 0.269 e. The maximum atomic E-state index is 13.0. The zero-order chi connectivity index (χ0) is 30.8. The molecule has 0 atom stereocenters. The van der Waals surface area contributed by atoms with Gasteiger partial charge in [-0.05, 0) is 62.8 Å². The van der Waals surface area contributed by atoms with E-state index in [4.69, 9.17) is 21.9 Å². The number of nitrogens with one attached hydrogen (secondary N) is 3. The number of rotatable bonds is 9. The summed E-state index contributed by atoms with van der Waals surface area (Å²) in [5.74, 6) is -0.0293. The third-order valence-corrected chi connectivity index (χ3v) is 8.10. The van der Waals surface area contributed by atoms with E-state index in [0.29, 0.717) is 28.1 Å². The summed E-state index contributed by atoms with van der Waals surface area (Å²) in [6, 6.07) is 9.82. The number of nitrogens with two attached hydrogens (primary N) is 2. The van der Waals surface area contributed by atoms with E-state index in [1.807, 2.05) is 39.8 Å². The van der Waals surface area contributed by atoms with E-state index in [1.165, 1.54) is 6.21 Å². The highest BCUT2D eigenvalue weighted by Gasteiger charge is 2.21. The number of hydrogen-bond acceptors (Lipinski definition) is 7. The van der Waals surface area contributed by atoms with Gasteiger partial charge in [0.05, 0.1) is 11.0 Å². The van der Waals surface area contributed by atoms with Crippen LogP contribution in [0.4, 0.5) is 17.2 Å². The molecule has 0 saturated carbocycles. The van der Waals surface area contributed by atoms with Crippen LogP contribution >= 0.6 is 0 Å². The lowest BCUT2D eigenvalue weighted by atomic mass is 9.81. The molecule has 4 aromatic rings. The predicted molar refractivity (Wildman–Crippen MR) is 174 cm³/mol. The number of aliphatic imine (C=N–C) groups is 1. The summed E-state index contributed by atoms with van der Waals surface area (Å²) in [6.45, 7) is 14.4. The van der Waals surface area contributed by atoms with E-state index in [2.05, 4.69) is 53.2 Å². The molecule has 2 aromatic heterocycles. The molecule has 0 aliphatic carbocycles. The maximum Gasteiger partial charge on any atom is 0.269 e. The fraction of sp³-hybridized carbons (Fsp3) is 0.303. The van der Waals surface area contributed by atoms with E-state index >= 15 is 0 Å². The molecule has 0 radical (unpaired) electrons. The zero-order valence-corrected chi connectivity index (χ0v) is 25.4. The molecule has 0 fully saturated rings. The number of aryl methyl sites for hydroxylation is 1. The molecule has 2 aromatic carbocycles. The number of amides is 1. The number of fused-ring (bicyclic) bond motifs is 1. The largest absolute Gasteiger partial charge is 0.398 e. The summed E-state index contributed by atoms with van der Waals surface area (Å²) >= 11 is 0. The van der Waals surface area contributed by atoms with Crippen LogP contribution in [0.1, 0.15) is 76.8 Å². The minimum atomic E-state index is -0.668. The third kappa shape index (κ3) is 5.68. The minimum Gasteiger partial charge on any atom is -0.398 e. The summed E-state index contributed by atoms with van der Waals surface area (Å²) in [5, 5.41) is 13.5. The summed E-state index contributed by atoms with van der Waals surface area (Å²) < 4.78 is 0. The topological polar surface area (TPSA) is 159 Å². The van der Waals surface area contributed by atoms with Crippen molar-refractivity contribution in [2.75, 3.05) is 11.1 Å². The Morgan fingerprint density at radius 1 is 1.14 bits per heavy atom. The molecular formula is C33H40N8O. The molecule has 1 amide bonds. The Balaban J connectivity index is 2.05. The first-order chi connectivity index (χ1) is 19.9. The summed E-state index contributed by atoms with van der Waals surface area (Å²) in [5.41, 5.74) is 19.2. The van der Waals surface area contributed by atoms with Crippen molar-refractivity contribution < 1.29 is 4.79 Å². The van der Waals surface area contributed by atoms with Crippen molar-refractivity contribution in [1.29, 1.82) is 5.41 Å². The lowest BCUT2D eigenvalue weighted by Gasteiger charge is -2.25. The lowest BCUT2D eigenvalue weighted by Crippen LogP contribution is -2.32. The van der Waals surface area contributed by atoms with Gasteiger partial charge in [0.25, 0.3) is 5.91 Å². The van der Waals surface area contributed by atoms with Crippen molar-refractivity contribution in [3.63, 3.8) is 0 Å². The second-order valence-corrected chi connectivity index (χ2v) is 11.2. The maximum absolute atomic E-state index is 13.0. The average molecular weight is 565 g/mol. The van der Waals surface area contributed by atoms with Gasteiger partial charge in [0.2, 0.25) is 0 Å². The van der Waals surface area contributed by atoms with Gasteiger partial charge in [0.15, 0.2) is 11.5 Å². The molecule has 0 bridgehead atoms. The normalized spacial score (nSPS) is 13.6. The quantitative estimate of drug-likeness (QED) is 0.143. The van der Waals surface area contributed by atoms with E-state index in [1.54, 1.807) is 18.5 Å². The first kappa shape index (κ1) is 30.2. The van der Waals surface area contributed by atoms with Crippen molar-refractivity contribution in [3.8, 4) is 0 Å². The molecular weight excluding hydrogens is 524 g/mol. The highest BCUT2D eigenvalue weighted by Crippen LogP contribution is 2.32. The molecule has 9 heteroatoms. The number of carbonyl (C=O) groups excluding carboxylic acids is 1. The summed E-state index contributed by atoms with van der Waals surface area (Å²) in [7, 11) is 0. The summed E-state index contributed by atoms with van der Waals surface area (Å²) in [6.07, 6.45) is 6.23. The van der Waals surface area contributed by atoms with Crippen LogP contribution < -0.4 is 27.4 Å². The van der Waals surface area contributed by atoms with Crippen molar-refractivity contribution >= 4 is 57.2 Å². The van der Waals surface area contributed by atoms with E-state index in [0.717, 1.165) is 57.0 Å². The Morgan fingerprint density at radius 2 is 1.86 bits per heavy atom. The molecule has 2 heterocycles. The van der Waals surface area contributed by atoms with Crippen LogP contribution in [0.2, 0.25) is 0 Å². The molecule has 0 unspecified atom stereocenters. The van der Waals surface area contributed by atoms with Crippen molar-refractivity contribution in [1.82, 2.24) is 15.0 Å². The number of benzene rings is 2. The molecule has 0 aliphatic rings. The van der Waals surface area contributed by atoms with Gasteiger partial charge >= 0.3 is 0 Å². The minimum absolute atomic E-state index is 0.0525. The number of nitrogens with zero attached hydrogens (tertiary/aromatic N) is 3. The number of H-pyrrole nitrogens is 1. The third-order valence-electron chi connectivity index (χ3n) is 8.10. The van der Waals surface area contributed by atoms with Gasteiger partial charge in [-0.25, -0.2) is 9.98 Å². The summed E-state index contributed by atoms with van der Waals surface area (Å²) in [4.78, 5) is 30.1. The number of primary amides is 1. The molecule has 9 nitrogen and oxygen atoms in total. The van der Waals surface area contributed by atoms with Crippen molar-refractivity contribution in [3.05, 3.63) is 75.7 Å². The van der Waals surface area contributed by atoms with Crippen molar-refractivity contribution in [2.24, 2.45) is 10.7 Å². The molecule has 4 rings (SSSR count). The lowest BCUT2D eigenvalue weighted by molar-refractivity contribution is -0.113. The number of aromatic amines is 1. The Hall–Kier alpha value is -4.79. The van der Waals surface area contributed by atoms with Crippen LogP contribution in [-0.2, 0) is 10.2 Å². The van der Waals surface area contributed by atoms with E-state index in [-0.39, 0.29) is 11.1 Å². The standard InChI is InChI=1S/C33H40N8O/c1-8-18(3)27-28-23(17-34)24(35)12-13-25(28)40-29(27)30(31(36)42)39-19(4)22-11-10-21(33(6,7)9-2)16-26(22)41-32-20(5)37-14-15-38-32/h10-17,34,40H,8-9,35H2,1-7H3,(H2,36,42)(H,38,41)/b27-18+,30-29+,34-17?,39-19?. The number of carbonyl (C=O) groups is 1. The van der Waals surface area contributed by atoms with Crippen LogP contribution in [0.5, 0.6) is 0 Å². The average Bonchev–Trinajstić information content (AvgIpc) is 3.35. The second-order valence-electron chi connectivity index (χ2n) is 11.2. The fourth-order valence-electron chi connectivity index (χ4n) is 4.98. The Labute approximate surface area is 246 Å². The molecule has 0 saturated heterocycles. The number of aromatic nitrogens is 3. The molecule has 0 spiro atoms. The Morgan fingerprint density at radius 3 is 2.48 bits per heavy atom. The first-order valence-corrected chi connectivity index (χ1v) is 14.1. The second kappa shape index (κ2) is 12.0. The van der Waals surface area contributed by atoms with E-state index < -0.39 is 5.91 Å².